The van der Waals surface area contributed by atoms with E-state index >= 15 is 0 Å². The van der Waals surface area contributed by atoms with E-state index in [1.54, 1.807) is 4.90 Å². The monoisotopic (exact) mass is 263 g/mol. The van der Waals surface area contributed by atoms with Gasteiger partial charge in [0.1, 0.15) is 0 Å². The topological polar surface area (TPSA) is 59.2 Å². The standard InChI is InChI=1S/C15H25N3O/c1-4-6-10-14(16)15(19)18(5-2)11-13-9-7-8-12(3)17-13/h7-9,14H,4-6,10-11,16H2,1-3H3/t14-/m0/s1. The highest BCUT2D eigenvalue weighted by atomic mass is 16.2. The zero-order chi connectivity index (χ0) is 14.3. The van der Waals surface area contributed by atoms with E-state index in [1.807, 2.05) is 32.0 Å². The van der Waals surface area contributed by atoms with Gasteiger partial charge in [0.05, 0.1) is 18.3 Å². The molecule has 0 saturated heterocycles. The third kappa shape index (κ3) is 4.99. The average molecular weight is 263 g/mol. The molecule has 0 aliphatic rings. The Labute approximate surface area is 116 Å². The van der Waals surface area contributed by atoms with Crippen LogP contribution in [0.1, 0.15) is 44.5 Å². The Balaban J connectivity index is 2.64. The van der Waals surface area contributed by atoms with E-state index in [9.17, 15) is 4.79 Å². The average Bonchev–Trinajstić information content (AvgIpc) is 2.41. The number of hydrogen-bond donors (Lipinski definition) is 1. The maximum Gasteiger partial charge on any atom is 0.239 e. The zero-order valence-electron chi connectivity index (χ0n) is 12.2. The minimum Gasteiger partial charge on any atom is -0.336 e. The van der Waals surface area contributed by atoms with Crippen LogP contribution in [0.3, 0.4) is 0 Å². The zero-order valence-corrected chi connectivity index (χ0v) is 12.2. The Hall–Kier alpha value is -1.42. The fraction of sp³-hybridized carbons (Fsp3) is 0.600. The number of nitrogens with zero attached hydrogens (tertiary/aromatic N) is 2. The molecule has 0 fully saturated rings. The maximum atomic E-state index is 12.2. The van der Waals surface area contributed by atoms with Crippen molar-refractivity contribution in [2.45, 2.75) is 52.6 Å². The van der Waals surface area contributed by atoms with Gasteiger partial charge in [-0.15, -0.1) is 0 Å². The number of aromatic nitrogens is 1. The third-order valence-electron chi connectivity index (χ3n) is 3.18. The summed E-state index contributed by atoms with van der Waals surface area (Å²) < 4.78 is 0. The minimum absolute atomic E-state index is 0.0271. The molecule has 1 atom stereocenters. The first kappa shape index (κ1) is 15.6. The molecular weight excluding hydrogens is 238 g/mol. The van der Waals surface area contributed by atoms with Gasteiger partial charge < -0.3 is 10.6 Å². The van der Waals surface area contributed by atoms with E-state index in [0.717, 1.165) is 30.7 Å². The van der Waals surface area contributed by atoms with Crippen LogP contribution in [0.15, 0.2) is 18.2 Å². The van der Waals surface area contributed by atoms with Crippen LogP contribution in [-0.2, 0) is 11.3 Å². The summed E-state index contributed by atoms with van der Waals surface area (Å²) >= 11 is 0. The number of pyridine rings is 1. The van der Waals surface area contributed by atoms with Crippen LogP contribution in [0.5, 0.6) is 0 Å². The highest BCUT2D eigenvalue weighted by Crippen LogP contribution is 2.07. The van der Waals surface area contributed by atoms with Crippen molar-refractivity contribution in [2.24, 2.45) is 5.73 Å². The van der Waals surface area contributed by atoms with Crippen LogP contribution in [0.2, 0.25) is 0 Å². The Morgan fingerprint density at radius 1 is 1.42 bits per heavy atom. The number of hydrogen-bond acceptors (Lipinski definition) is 3. The van der Waals surface area contributed by atoms with Crippen molar-refractivity contribution >= 4 is 5.91 Å². The Morgan fingerprint density at radius 2 is 2.16 bits per heavy atom. The molecule has 1 rings (SSSR count). The quantitative estimate of drug-likeness (QED) is 0.821. The van der Waals surface area contributed by atoms with Gasteiger partial charge in [-0.25, -0.2) is 0 Å². The molecule has 4 heteroatoms. The van der Waals surface area contributed by atoms with Crippen LogP contribution in [0.4, 0.5) is 0 Å². The van der Waals surface area contributed by atoms with E-state index < -0.39 is 0 Å². The molecule has 0 radical (unpaired) electrons. The molecule has 1 heterocycles. The number of likely N-dealkylation sites (N-methyl/N-ethyl adjacent to an activating group) is 1. The first-order valence-electron chi connectivity index (χ1n) is 7.05. The molecule has 1 amide bonds. The molecule has 4 nitrogen and oxygen atoms in total. The number of unbranched alkanes of at least 4 members (excludes halogenated alkanes) is 1. The summed E-state index contributed by atoms with van der Waals surface area (Å²) in [6.45, 7) is 7.23. The van der Waals surface area contributed by atoms with Crippen LogP contribution in [-0.4, -0.2) is 28.4 Å². The summed E-state index contributed by atoms with van der Waals surface area (Å²) in [7, 11) is 0. The van der Waals surface area contributed by atoms with Gasteiger partial charge in [0.25, 0.3) is 0 Å². The lowest BCUT2D eigenvalue weighted by atomic mass is 10.1. The second kappa shape index (κ2) is 7.89. The van der Waals surface area contributed by atoms with E-state index in [-0.39, 0.29) is 11.9 Å². The van der Waals surface area contributed by atoms with Crippen LogP contribution < -0.4 is 5.73 Å². The lowest BCUT2D eigenvalue weighted by Gasteiger charge is -2.24. The predicted octanol–water partition coefficient (Wildman–Crippen LogP) is 2.26. The second-order valence-electron chi connectivity index (χ2n) is 4.87. The van der Waals surface area contributed by atoms with E-state index in [0.29, 0.717) is 13.1 Å². The lowest BCUT2D eigenvalue weighted by molar-refractivity contribution is -0.133. The molecule has 1 aromatic heterocycles. The summed E-state index contributed by atoms with van der Waals surface area (Å²) in [5.74, 6) is 0.0271. The lowest BCUT2D eigenvalue weighted by Crippen LogP contribution is -2.43. The maximum absolute atomic E-state index is 12.2. The molecule has 19 heavy (non-hydrogen) atoms. The molecule has 0 saturated carbocycles. The van der Waals surface area contributed by atoms with Crippen molar-refractivity contribution in [1.29, 1.82) is 0 Å². The molecule has 0 aliphatic heterocycles. The van der Waals surface area contributed by atoms with Crippen molar-refractivity contribution in [3.8, 4) is 0 Å². The molecule has 1 aromatic rings. The number of nitrogens with two attached hydrogens (primary N) is 1. The molecule has 0 aromatic carbocycles. The smallest absolute Gasteiger partial charge is 0.239 e. The van der Waals surface area contributed by atoms with Gasteiger partial charge in [-0.1, -0.05) is 25.8 Å². The number of carbonyl (C=O) groups excluding carboxylic acids is 1. The molecule has 2 N–H and O–H groups in total. The molecular formula is C15H25N3O. The van der Waals surface area contributed by atoms with Crippen molar-refractivity contribution in [3.05, 3.63) is 29.6 Å². The largest absolute Gasteiger partial charge is 0.336 e. The first-order chi connectivity index (χ1) is 9.08. The van der Waals surface area contributed by atoms with Gasteiger partial charge in [-0.05, 0) is 32.4 Å². The van der Waals surface area contributed by atoms with Gasteiger partial charge in [-0.3, -0.25) is 9.78 Å². The first-order valence-corrected chi connectivity index (χ1v) is 7.05. The van der Waals surface area contributed by atoms with Gasteiger partial charge in [0, 0.05) is 12.2 Å². The van der Waals surface area contributed by atoms with Crippen LogP contribution in [0.25, 0.3) is 0 Å². The van der Waals surface area contributed by atoms with Gasteiger partial charge in [0.2, 0.25) is 5.91 Å². The summed E-state index contributed by atoms with van der Waals surface area (Å²) in [4.78, 5) is 18.5. The van der Waals surface area contributed by atoms with Crippen LogP contribution >= 0.6 is 0 Å². The normalized spacial score (nSPS) is 12.2. The summed E-state index contributed by atoms with van der Waals surface area (Å²) in [5.41, 5.74) is 7.84. The second-order valence-corrected chi connectivity index (χ2v) is 4.87. The summed E-state index contributed by atoms with van der Waals surface area (Å²) in [5, 5.41) is 0. The van der Waals surface area contributed by atoms with Crippen molar-refractivity contribution in [2.75, 3.05) is 6.54 Å². The number of carbonyl (C=O) groups is 1. The molecule has 106 valence electrons. The summed E-state index contributed by atoms with van der Waals surface area (Å²) in [6.07, 6.45) is 2.81. The van der Waals surface area contributed by atoms with E-state index in [1.165, 1.54) is 0 Å². The van der Waals surface area contributed by atoms with Gasteiger partial charge in [-0.2, -0.15) is 0 Å². The third-order valence-corrected chi connectivity index (χ3v) is 3.18. The summed E-state index contributed by atoms with van der Waals surface area (Å²) in [6, 6.07) is 5.48. The number of aryl methyl sites for hydroxylation is 1. The molecule has 0 aliphatic carbocycles. The van der Waals surface area contributed by atoms with E-state index in [2.05, 4.69) is 11.9 Å². The Morgan fingerprint density at radius 3 is 2.74 bits per heavy atom. The predicted molar refractivity (Wildman–Crippen MR) is 77.6 cm³/mol. The number of rotatable bonds is 7. The van der Waals surface area contributed by atoms with Gasteiger partial charge >= 0.3 is 0 Å². The van der Waals surface area contributed by atoms with Crippen molar-refractivity contribution in [3.63, 3.8) is 0 Å². The Bertz CT molecular complexity index is 406. The number of amides is 1. The fourth-order valence-electron chi connectivity index (χ4n) is 2.01. The van der Waals surface area contributed by atoms with Crippen molar-refractivity contribution in [1.82, 2.24) is 9.88 Å². The van der Waals surface area contributed by atoms with Crippen molar-refractivity contribution < 1.29 is 4.79 Å². The van der Waals surface area contributed by atoms with E-state index in [4.69, 9.17) is 5.73 Å². The van der Waals surface area contributed by atoms with Crippen LogP contribution in [0, 0.1) is 6.92 Å². The highest BCUT2D eigenvalue weighted by molar-refractivity contribution is 5.81. The Kier molecular flexibility index (Phi) is 6.50. The SMILES string of the molecule is CCCC[C@H](N)C(=O)N(CC)Cc1cccc(C)n1. The van der Waals surface area contributed by atoms with Gasteiger partial charge in [0.15, 0.2) is 0 Å². The fourth-order valence-corrected chi connectivity index (χ4v) is 2.01. The highest BCUT2D eigenvalue weighted by Gasteiger charge is 2.19. The molecule has 0 unspecified atom stereocenters. The minimum atomic E-state index is -0.385. The molecule has 0 bridgehead atoms. The molecule has 0 spiro atoms.